The Labute approximate surface area is 119 Å². The van der Waals surface area contributed by atoms with Crippen molar-refractivity contribution in [3.63, 3.8) is 0 Å². The minimum absolute atomic E-state index is 0.0407. The van der Waals surface area contributed by atoms with E-state index in [4.69, 9.17) is 4.74 Å². The largest absolute Gasteiger partial charge is 0.494 e. The molecule has 0 aliphatic heterocycles. The van der Waals surface area contributed by atoms with Gasteiger partial charge >= 0.3 is 0 Å². The fourth-order valence-corrected chi connectivity index (χ4v) is 2.21. The molecule has 2 nitrogen and oxygen atoms in total. The van der Waals surface area contributed by atoms with Crippen molar-refractivity contribution < 1.29 is 9.13 Å². The van der Waals surface area contributed by atoms with Crippen molar-refractivity contribution >= 4 is 0 Å². The van der Waals surface area contributed by atoms with E-state index in [-0.39, 0.29) is 11.9 Å². The number of ether oxygens (including phenoxy) is 1. The molecule has 0 spiro atoms. The van der Waals surface area contributed by atoms with E-state index in [9.17, 15) is 4.39 Å². The number of aryl methyl sites for hydroxylation is 1. The molecule has 0 heterocycles. The van der Waals surface area contributed by atoms with Crippen molar-refractivity contribution in [1.29, 1.82) is 0 Å². The molecule has 2 aromatic carbocycles. The topological polar surface area (TPSA) is 21.3 Å². The highest BCUT2D eigenvalue weighted by Gasteiger charge is 2.13. The Morgan fingerprint density at radius 3 is 2.65 bits per heavy atom. The van der Waals surface area contributed by atoms with Gasteiger partial charge in [0.2, 0.25) is 0 Å². The van der Waals surface area contributed by atoms with Crippen LogP contribution in [0.4, 0.5) is 4.39 Å². The van der Waals surface area contributed by atoms with E-state index in [0.717, 1.165) is 5.75 Å². The summed E-state index contributed by atoms with van der Waals surface area (Å²) in [5.41, 5.74) is 1.85. The molecule has 106 valence electrons. The Hall–Kier alpha value is -1.87. The minimum atomic E-state index is -0.178. The third-order valence-electron chi connectivity index (χ3n) is 3.29. The Bertz CT molecular complexity index is 556. The minimum Gasteiger partial charge on any atom is -0.494 e. The van der Waals surface area contributed by atoms with Crippen LogP contribution in [0.1, 0.15) is 23.6 Å². The molecule has 3 heteroatoms. The Morgan fingerprint density at radius 1 is 1.15 bits per heavy atom. The van der Waals surface area contributed by atoms with Gasteiger partial charge in [0, 0.05) is 18.0 Å². The van der Waals surface area contributed by atoms with Gasteiger partial charge in [-0.2, -0.15) is 0 Å². The monoisotopic (exact) mass is 273 g/mol. The first kappa shape index (κ1) is 14.5. The molecular formula is C17H20FNO. The third kappa shape index (κ3) is 3.81. The predicted molar refractivity (Wildman–Crippen MR) is 79.5 cm³/mol. The highest BCUT2D eigenvalue weighted by molar-refractivity contribution is 5.27. The zero-order chi connectivity index (χ0) is 14.4. The van der Waals surface area contributed by atoms with Gasteiger partial charge in [0.05, 0.1) is 6.61 Å². The summed E-state index contributed by atoms with van der Waals surface area (Å²) in [6, 6.07) is 14.7. The second-order valence-electron chi connectivity index (χ2n) is 4.82. The van der Waals surface area contributed by atoms with E-state index < -0.39 is 0 Å². The number of benzene rings is 2. The van der Waals surface area contributed by atoms with Crippen LogP contribution in [0.3, 0.4) is 0 Å². The number of rotatable bonds is 6. The van der Waals surface area contributed by atoms with Gasteiger partial charge in [-0.3, -0.25) is 0 Å². The van der Waals surface area contributed by atoms with Gasteiger partial charge in [-0.25, -0.2) is 4.39 Å². The maximum absolute atomic E-state index is 13.7. The lowest BCUT2D eigenvalue weighted by Crippen LogP contribution is -2.20. The van der Waals surface area contributed by atoms with Gasteiger partial charge < -0.3 is 10.1 Å². The molecule has 0 radical (unpaired) electrons. The Balaban J connectivity index is 1.93. The average Bonchev–Trinajstić information content (AvgIpc) is 2.45. The molecular weight excluding hydrogens is 253 g/mol. The fourth-order valence-electron chi connectivity index (χ4n) is 2.21. The number of nitrogens with one attached hydrogen (secondary N) is 1. The van der Waals surface area contributed by atoms with Gasteiger partial charge in [-0.1, -0.05) is 30.3 Å². The van der Waals surface area contributed by atoms with Crippen LogP contribution in [0.2, 0.25) is 0 Å². The molecule has 0 bridgehead atoms. The van der Waals surface area contributed by atoms with Gasteiger partial charge in [0.25, 0.3) is 0 Å². The zero-order valence-corrected chi connectivity index (χ0v) is 11.9. The van der Waals surface area contributed by atoms with Crippen LogP contribution in [0, 0.1) is 12.7 Å². The quantitative estimate of drug-likeness (QED) is 0.862. The first-order valence-electron chi connectivity index (χ1n) is 6.82. The molecule has 0 aromatic heterocycles. The summed E-state index contributed by atoms with van der Waals surface area (Å²) < 4.78 is 19.5. The third-order valence-corrected chi connectivity index (χ3v) is 3.29. The predicted octanol–water partition coefficient (Wildman–Crippen LogP) is 3.86. The summed E-state index contributed by atoms with van der Waals surface area (Å²) in [7, 11) is 1.84. The Morgan fingerprint density at radius 2 is 1.95 bits per heavy atom. The SMILES string of the molecule is CNC(CCOc1cccc(C)c1)c1ccccc1F. The molecule has 0 aliphatic carbocycles. The lowest BCUT2D eigenvalue weighted by molar-refractivity contribution is 0.288. The van der Waals surface area contributed by atoms with Crippen molar-refractivity contribution in [2.75, 3.05) is 13.7 Å². The number of hydrogen-bond donors (Lipinski definition) is 1. The lowest BCUT2D eigenvalue weighted by atomic mass is 10.0. The highest BCUT2D eigenvalue weighted by Crippen LogP contribution is 2.20. The van der Waals surface area contributed by atoms with E-state index in [0.29, 0.717) is 18.6 Å². The molecule has 1 unspecified atom stereocenters. The van der Waals surface area contributed by atoms with Crippen molar-refractivity contribution in [1.82, 2.24) is 5.32 Å². The van der Waals surface area contributed by atoms with Crippen LogP contribution >= 0.6 is 0 Å². The molecule has 2 rings (SSSR count). The molecule has 2 aromatic rings. The smallest absolute Gasteiger partial charge is 0.127 e. The molecule has 1 atom stereocenters. The van der Waals surface area contributed by atoms with Gasteiger partial charge in [-0.15, -0.1) is 0 Å². The van der Waals surface area contributed by atoms with Crippen molar-refractivity contribution in [3.8, 4) is 5.75 Å². The second kappa shape index (κ2) is 7.06. The molecule has 1 N–H and O–H groups in total. The molecule has 0 saturated carbocycles. The first-order valence-corrected chi connectivity index (χ1v) is 6.82. The molecule has 0 amide bonds. The van der Waals surface area contributed by atoms with Crippen LogP contribution in [-0.4, -0.2) is 13.7 Å². The summed E-state index contributed by atoms with van der Waals surface area (Å²) in [6.45, 7) is 2.58. The van der Waals surface area contributed by atoms with Crippen molar-refractivity contribution in [2.24, 2.45) is 0 Å². The summed E-state index contributed by atoms with van der Waals surface area (Å²) in [5.74, 6) is 0.677. The van der Waals surface area contributed by atoms with Crippen LogP contribution in [0.15, 0.2) is 48.5 Å². The normalized spacial score (nSPS) is 12.2. The average molecular weight is 273 g/mol. The molecule has 0 saturated heterocycles. The van der Waals surface area contributed by atoms with Crippen LogP contribution in [-0.2, 0) is 0 Å². The molecule has 20 heavy (non-hydrogen) atoms. The van der Waals surface area contributed by atoms with Crippen LogP contribution < -0.4 is 10.1 Å². The van der Waals surface area contributed by atoms with Gasteiger partial charge in [0.15, 0.2) is 0 Å². The molecule has 0 aliphatic rings. The van der Waals surface area contributed by atoms with Gasteiger partial charge in [-0.05, 0) is 37.7 Å². The summed E-state index contributed by atoms with van der Waals surface area (Å²) in [5, 5.41) is 3.14. The first-order chi connectivity index (χ1) is 9.70. The number of hydrogen-bond acceptors (Lipinski definition) is 2. The van der Waals surface area contributed by atoms with Crippen LogP contribution in [0.5, 0.6) is 5.75 Å². The van der Waals surface area contributed by atoms with E-state index in [1.807, 2.05) is 50.4 Å². The zero-order valence-electron chi connectivity index (χ0n) is 11.9. The summed E-state index contributed by atoms with van der Waals surface area (Å²) in [4.78, 5) is 0. The maximum atomic E-state index is 13.7. The summed E-state index contributed by atoms with van der Waals surface area (Å²) in [6.07, 6.45) is 0.714. The van der Waals surface area contributed by atoms with E-state index in [1.165, 1.54) is 11.6 Å². The highest BCUT2D eigenvalue weighted by atomic mass is 19.1. The van der Waals surface area contributed by atoms with E-state index >= 15 is 0 Å². The van der Waals surface area contributed by atoms with Crippen molar-refractivity contribution in [3.05, 3.63) is 65.5 Å². The van der Waals surface area contributed by atoms with E-state index in [1.54, 1.807) is 6.07 Å². The maximum Gasteiger partial charge on any atom is 0.127 e. The number of halogens is 1. The second-order valence-corrected chi connectivity index (χ2v) is 4.82. The van der Waals surface area contributed by atoms with Gasteiger partial charge in [0.1, 0.15) is 11.6 Å². The standard InChI is InChI=1S/C17H20FNO/c1-13-6-5-7-14(12-13)20-11-10-17(19-2)15-8-3-4-9-16(15)18/h3-9,12,17,19H,10-11H2,1-2H3. The fraction of sp³-hybridized carbons (Fsp3) is 0.294. The Kier molecular flexibility index (Phi) is 5.13. The summed E-state index contributed by atoms with van der Waals surface area (Å²) >= 11 is 0. The van der Waals surface area contributed by atoms with E-state index in [2.05, 4.69) is 5.32 Å². The van der Waals surface area contributed by atoms with Crippen molar-refractivity contribution in [2.45, 2.75) is 19.4 Å². The lowest BCUT2D eigenvalue weighted by Gasteiger charge is -2.17. The van der Waals surface area contributed by atoms with Crippen LogP contribution in [0.25, 0.3) is 0 Å². The molecule has 0 fully saturated rings.